The van der Waals surface area contributed by atoms with Crippen molar-refractivity contribution in [2.45, 2.75) is 6.92 Å². The number of aryl methyl sites for hydroxylation is 1. The Kier molecular flexibility index (Phi) is 3.45. The van der Waals surface area contributed by atoms with Gasteiger partial charge in [-0.2, -0.15) is 0 Å². The first kappa shape index (κ1) is 11.7. The van der Waals surface area contributed by atoms with Crippen LogP contribution in [0.2, 0.25) is 5.02 Å². The van der Waals surface area contributed by atoms with Gasteiger partial charge in [0.05, 0.1) is 5.69 Å². The molecule has 0 aromatic heterocycles. The summed E-state index contributed by atoms with van der Waals surface area (Å²) < 4.78 is 0. The molecule has 0 aliphatic heterocycles. The predicted molar refractivity (Wildman–Crippen MR) is 71.5 cm³/mol. The smallest absolute Gasteiger partial charge is 0.116 e. The minimum Gasteiger partial charge on any atom is -0.508 e. The molecule has 2 nitrogen and oxygen atoms in total. The molecule has 0 atom stereocenters. The third-order valence-corrected chi connectivity index (χ3v) is 2.80. The highest BCUT2D eigenvalue weighted by atomic mass is 35.5. The van der Waals surface area contributed by atoms with Gasteiger partial charge in [-0.25, -0.2) is 0 Å². The molecule has 0 aliphatic carbocycles. The fourth-order valence-corrected chi connectivity index (χ4v) is 1.59. The highest BCUT2D eigenvalue weighted by molar-refractivity contribution is 6.31. The standard InChI is InChI=1S/C14H12ClNO/c1-10-5-6-12(8-14(10)15)16-9-11-3-2-4-13(17)7-11/h2-9,17H,1H3. The van der Waals surface area contributed by atoms with Crippen LogP contribution in [-0.2, 0) is 0 Å². The summed E-state index contributed by atoms with van der Waals surface area (Å²) >= 11 is 6.01. The third-order valence-electron chi connectivity index (χ3n) is 2.39. The van der Waals surface area contributed by atoms with Crippen molar-refractivity contribution in [1.29, 1.82) is 0 Å². The van der Waals surface area contributed by atoms with Gasteiger partial charge in [0.2, 0.25) is 0 Å². The molecule has 2 aromatic carbocycles. The summed E-state index contributed by atoms with van der Waals surface area (Å²) in [5.41, 5.74) is 2.67. The van der Waals surface area contributed by atoms with Gasteiger partial charge in [-0.3, -0.25) is 4.99 Å². The summed E-state index contributed by atoms with van der Waals surface area (Å²) in [6, 6.07) is 12.6. The van der Waals surface area contributed by atoms with Crippen LogP contribution in [0.15, 0.2) is 47.5 Å². The summed E-state index contributed by atoms with van der Waals surface area (Å²) in [6.45, 7) is 1.95. The lowest BCUT2D eigenvalue weighted by atomic mass is 10.2. The van der Waals surface area contributed by atoms with Crippen molar-refractivity contribution in [3.05, 3.63) is 58.6 Å². The minimum absolute atomic E-state index is 0.232. The number of phenols is 1. The van der Waals surface area contributed by atoms with Crippen molar-refractivity contribution in [3.63, 3.8) is 0 Å². The van der Waals surface area contributed by atoms with E-state index in [4.69, 9.17) is 11.6 Å². The first-order valence-corrected chi connectivity index (χ1v) is 5.62. The maximum absolute atomic E-state index is 9.31. The molecule has 2 rings (SSSR count). The van der Waals surface area contributed by atoms with E-state index in [1.807, 2.05) is 31.2 Å². The van der Waals surface area contributed by atoms with E-state index in [0.717, 1.165) is 16.8 Å². The topological polar surface area (TPSA) is 32.6 Å². The van der Waals surface area contributed by atoms with Crippen molar-refractivity contribution >= 4 is 23.5 Å². The molecule has 0 spiro atoms. The number of phenolic OH excluding ortho intramolecular Hbond substituents is 1. The number of hydrogen-bond donors (Lipinski definition) is 1. The molecular weight excluding hydrogens is 234 g/mol. The van der Waals surface area contributed by atoms with Crippen LogP contribution in [0.1, 0.15) is 11.1 Å². The van der Waals surface area contributed by atoms with Gasteiger partial charge in [0.25, 0.3) is 0 Å². The third kappa shape index (κ3) is 3.08. The number of nitrogens with zero attached hydrogens (tertiary/aromatic N) is 1. The quantitative estimate of drug-likeness (QED) is 0.794. The van der Waals surface area contributed by atoms with Crippen molar-refractivity contribution in [2.24, 2.45) is 4.99 Å². The maximum atomic E-state index is 9.31. The van der Waals surface area contributed by atoms with Crippen LogP contribution in [0, 0.1) is 6.92 Å². The lowest BCUT2D eigenvalue weighted by molar-refractivity contribution is 0.475. The normalized spacial score (nSPS) is 10.9. The van der Waals surface area contributed by atoms with E-state index in [2.05, 4.69) is 4.99 Å². The SMILES string of the molecule is Cc1ccc(N=Cc2cccc(O)c2)cc1Cl. The van der Waals surface area contributed by atoms with Crippen LogP contribution in [0.3, 0.4) is 0 Å². The molecule has 0 saturated heterocycles. The number of rotatable bonds is 2. The van der Waals surface area contributed by atoms with Gasteiger partial charge >= 0.3 is 0 Å². The molecule has 0 radical (unpaired) electrons. The van der Waals surface area contributed by atoms with Crippen LogP contribution >= 0.6 is 11.6 Å². The monoisotopic (exact) mass is 245 g/mol. The van der Waals surface area contributed by atoms with Gasteiger partial charge in [0, 0.05) is 11.2 Å². The second-order valence-electron chi connectivity index (χ2n) is 3.79. The summed E-state index contributed by atoms with van der Waals surface area (Å²) in [4.78, 5) is 4.30. The Morgan fingerprint density at radius 2 is 2.00 bits per heavy atom. The summed E-state index contributed by atoms with van der Waals surface area (Å²) in [7, 11) is 0. The van der Waals surface area contributed by atoms with Crippen LogP contribution < -0.4 is 0 Å². The largest absolute Gasteiger partial charge is 0.508 e. The van der Waals surface area contributed by atoms with Gasteiger partial charge < -0.3 is 5.11 Å². The number of benzene rings is 2. The molecule has 17 heavy (non-hydrogen) atoms. The molecule has 3 heteroatoms. The van der Waals surface area contributed by atoms with Gasteiger partial charge in [-0.05, 0) is 42.3 Å². The Hall–Kier alpha value is -1.80. The number of aromatic hydroxyl groups is 1. The second kappa shape index (κ2) is 5.02. The van der Waals surface area contributed by atoms with E-state index in [-0.39, 0.29) is 5.75 Å². The molecule has 0 heterocycles. The van der Waals surface area contributed by atoms with Crippen molar-refractivity contribution in [3.8, 4) is 5.75 Å². The molecular formula is C14H12ClNO. The predicted octanol–water partition coefficient (Wildman–Crippen LogP) is 4.10. The molecule has 0 fully saturated rings. The van der Waals surface area contributed by atoms with E-state index in [1.165, 1.54) is 0 Å². The van der Waals surface area contributed by atoms with Crippen LogP contribution in [0.25, 0.3) is 0 Å². The zero-order valence-electron chi connectivity index (χ0n) is 9.39. The highest BCUT2D eigenvalue weighted by Crippen LogP contribution is 2.22. The Balaban J connectivity index is 2.23. The lowest BCUT2D eigenvalue weighted by Gasteiger charge is -1.99. The van der Waals surface area contributed by atoms with E-state index >= 15 is 0 Å². The van der Waals surface area contributed by atoms with Crippen LogP contribution in [0.5, 0.6) is 5.75 Å². The molecule has 86 valence electrons. The Morgan fingerprint density at radius 1 is 1.18 bits per heavy atom. The van der Waals surface area contributed by atoms with Crippen molar-refractivity contribution < 1.29 is 5.11 Å². The summed E-state index contributed by atoms with van der Waals surface area (Å²) in [5, 5.41) is 10.0. The average molecular weight is 246 g/mol. The number of aliphatic imine (C=N–C) groups is 1. The molecule has 0 aliphatic rings. The van der Waals surface area contributed by atoms with Crippen molar-refractivity contribution in [2.75, 3.05) is 0 Å². The van der Waals surface area contributed by atoms with E-state index in [9.17, 15) is 5.11 Å². The zero-order valence-corrected chi connectivity index (χ0v) is 10.1. The van der Waals surface area contributed by atoms with Gasteiger partial charge in [0.1, 0.15) is 5.75 Å². The van der Waals surface area contributed by atoms with E-state index in [1.54, 1.807) is 24.4 Å². The van der Waals surface area contributed by atoms with E-state index < -0.39 is 0 Å². The van der Waals surface area contributed by atoms with Crippen LogP contribution in [-0.4, -0.2) is 11.3 Å². The van der Waals surface area contributed by atoms with Crippen molar-refractivity contribution in [1.82, 2.24) is 0 Å². The van der Waals surface area contributed by atoms with Gasteiger partial charge in [-0.1, -0.05) is 29.8 Å². The molecule has 2 aromatic rings. The molecule has 0 unspecified atom stereocenters. The Morgan fingerprint density at radius 3 is 2.71 bits per heavy atom. The highest BCUT2D eigenvalue weighted by Gasteiger charge is 1.96. The van der Waals surface area contributed by atoms with Crippen LogP contribution in [0.4, 0.5) is 5.69 Å². The minimum atomic E-state index is 0.232. The first-order chi connectivity index (χ1) is 8.15. The summed E-state index contributed by atoms with van der Waals surface area (Å²) in [5.74, 6) is 0.232. The Labute approximate surface area is 105 Å². The lowest BCUT2D eigenvalue weighted by Crippen LogP contribution is -1.80. The summed E-state index contributed by atoms with van der Waals surface area (Å²) in [6.07, 6.45) is 1.70. The fraction of sp³-hybridized carbons (Fsp3) is 0.0714. The zero-order chi connectivity index (χ0) is 12.3. The molecule has 0 saturated carbocycles. The number of halogens is 1. The molecule has 0 amide bonds. The Bertz CT molecular complexity index is 564. The average Bonchev–Trinajstić information content (AvgIpc) is 2.31. The van der Waals surface area contributed by atoms with Gasteiger partial charge in [0.15, 0.2) is 0 Å². The molecule has 0 bridgehead atoms. The second-order valence-corrected chi connectivity index (χ2v) is 4.19. The first-order valence-electron chi connectivity index (χ1n) is 5.24. The van der Waals surface area contributed by atoms with Gasteiger partial charge in [-0.15, -0.1) is 0 Å². The molecule has 1 N–H and O–H groups in total. The maximum Gasteiger partial charge on any atom is 0.116 e. The van der Waals surface area contributed by atoms with E-state index in [0.29, 0.717) is 5.02 Å². The number of hydrogen-bond acceptors (Lipinski definition) is 2. The fourth-order valence-electron chi connectivity index (χ4n) is 1.42.